The van der Waals surface area contributed by atoms with Crippen LogP contribution in [0.2, 0.25) is 0 Å². The molecule has 8 heteroatoms. The van der Waals surface area contributed by atoms with E-state index in [1.165, 1.54) is 14.0 Å². The predicted octanol–water partition coefficient (Wildman–Crippen LogP) is 3.21. The number of carbonyl (C=O) groups is 3. The third kappa shape index (κ3) is 4.04. The summed E-state index contributed by atoms with van der Waals surface area (Å²) in [5, 5.41) is 0. The summed E-state index contributed by atoms with van der Waals surface area (Å²) < 4.78 is 27.9. The molecule has 5 atom stereocenters. The van der Waals surface area contributed by atoms with Crippen molar-refractivity contribution in [1.82, 2.24) is 0 Å². The van der Waals surface area contributed by atoms with Crippen molar-refractivity contribution < 1.29 is 37.7 Å². The van der Waals surface area contributed by atoms with E-state index in [0.29, 0.717) is 41.9 Å². The maximum Gasteiger partial charge on any atom is 0.341 e. The van der Waals surface area contributed by atoms with Crippen molar-refractivity contribution >= 4 is 17.9 Å². The Morgan fingerprint density at radius 1 is 1.29 bits per heavy atom. The Balaban J connectivity index is 1.78. The summed E-state index contributed by atoms with van der Waals surface area (Å²) in [7, 11) is 1.31. The number of fused-ring (bicyclic) bond motifs is 5. The Kier molecular flexibility index (Phi) is 5.29. The normalized spacial score (nSPS) is 31.7. The highest BCUT2D eigenvalue weighted by atomic mass is 16.6. The van der Waals surface area contributed by atoms with Gasteiger partial charge in [0.1, 0.15) is 41.0 Å². The average Bonchev–Trinajstić information content (AvgIpc) is 3.00. The van der Waals surface area contributed by atoms with Crippen LogP contribution < -0.4 is 0 Å². The summed E-state index contributed by atoms with van der Waals surface area (Å²) >= 11 is 0. The third-order valence-corrected chi connectivity index (χ3v) is 6.12. The van der Waals surface area contributed by atoms with Crippen LogP contribution in [-0.2, 0) is 35.0 Å². The SMILES string of the molecule is C=C(C)[C@@H]1Cc2oc(cc2C(=O)OC)[C@@H]2OC2(C)C[C@@H]2C=C(C(=O)O2)[C@@H](OC(C)=O)C1. The molecule has 0 N–H and O–H groups in total. The van der Waals surface area contributed by atoms with Crippen molar-refractivity contribution in [2.45, 2.75) is 63.9 Å². The summed E-state index contributed by atoms with van der Waals surface area (Å²) in [5.41, 5.74) is 0.839. The summed E-state index contributed by atoms with van der Waals surface area (Å²) in [6.07, 6.45) is 1.09. The maximum absolute atomic E-state index is 12.6. The molecule has 4 heterocycles. The molecule has 0 aromatic carbocycles. The number of carbonyl (C=O) groups excluding carboxylic acids is 3. The minimum absolute atomic E-state index is 0.230. The van der Waals surface area contributed by atoms with E-state index < -0.39 is 35.7 Å². The van der Waals surface area contributed by atoms with E-state index >= 15 is 0 Å². The van der Waals surface area contributed by atoms with E-state index in [1.54, 1.807) is 12.1 Å². The summed E-state index contributed by atoms with van der Waals surface area (Å²) in [5.74, 6) is -0.745. The Labute approximate surface area is 180 Å². The lowest BCUT2D eigenvalue weighted by Crippen LogP contribution is -2.27. The van der Waals surface area contributed by atoms with Crippen molar-refractivity contribution in [2.24, 2.45) is 5.92 Å². The number of hydrogen-bond donors (Lipinski definition) is 0. The van der Waals surface area contributed by atoms with E-state index in [0.717, 1.165) is 5.57 Å². The lowest BCUT2D eigenvalue weighted by molar-refractivity contribution is -0.147. The summed E-state index contributed by atoms with van der Waals surface area (Å²) in [6.45, 7) is 9.10. The highest BCUT2D eigenvalue weighted by Gasteiger charge is 2.57. The van der Waals surface area contributed by atoms with Gasteiger partial charge in [0, 0.05) is 19.8 Å². The number of ether oxygens (including phenoxy) is 4. The van der Waals surface area contributed by atoms with Gasteiger partial charge in [-0.05, 0) is 38.3 Å². The van der Waals surface area contributed by atoms with E-state index in [-0.39, 0.29) is 12.0 Å². The van der Waals surface area contributed by atoms with Crippen LogP contribution in [0.5, 0.6) is 0 Å². The van der Waals surface area contributed by atoms with Crippen molar-refractivity contribution in [3.05, 3.63) is 47.0 Å². The fraction of sp³-hybridized carbons (Fsp3) is 0.522. The number of furan rings is 1. The first kappa shape index (κ1) is 21.4. The molecule has 4 rings (SSSR count). The molecular weight excluding hydrogens is 404 g/mol. The molecule has 0 aliphatic carbocycles. The first-order valence-corrected chi connectivity index (χ1v) is 10.3. The van der Waals surface area contributed by atoms with Crippen molar-refractivity contribution in [2.75, 3.05) is 7.11 Å². The second-order valence-corrected chi connectivity index (χ2v) is 8.64. The number of allylic oxidation sites excluding steroid dienone is 1. The van der Waals surface area contributed by atoms with Crippen LogP contribution in [0.1, 0.15) is 61.6 Å². The molecule has 0 saturated carbocycles. The first-order chi connectivity index (χ1) is 14.6. The predicted molar refractivity (Wildman–Crippen MR) is 107 cm³/mol. The molecule has 31 heavy (non-hydrogen) atoms. The Hall–Kier alpha value is -2.87. The van der Waals surface area contributed by atoms with Gasteiger partial charge in [0.15, 0.2) is 0 Å². The van der Waals surface area contributed by atoms with E-state index in [9.17, 15) is 14.4 Å². The molecule has 1 aromatic rings. The van der Waals surface area contributed by atoms with Crippen LogP contribution in [0.4, 0.5) is 0 Å². The van der Waals surface area contributed by atoms with Gasteiger partial charge in [-0.15, -0.1) is 0 Å². The molecule has 1 unspecified atom stereocenters. The molecule has 0 radical (unpaired) electrons. The molecule has 1 saturated heterocycles. The van der Waals surface area contributed by atoms with Crippen LogP contribution in [0.25, 0.3) is 0 Å². The average molecular weight is 430 g/mol. The molecular formula is C23H26O8. The maximum atomic E-state index is 12.6. The van der Waals surface area contributed by atoms with Crippen LogP contribution >= 0.6 is 0 Å². The lowest BCUT2D eigenvalue weighted by Gasteiger charge is -2.23. The lowest BCUT2D eigenvalue weighted by atomic mass is 9.87. The Morgan fingerprint density at radius 2 is 2.03 bits per heavy atom. The van der Waals surface area contributed by atoms with E-state index in [2.05, 4.69) is 6.58 Å². The third-order valence-electron chi connectivity index (χ3n) is 6.12. The fourth-order valence-electron chi connectivity index (χ4n) is 4.39. The van der Waals surface area contributed by atoms with Gasteiger partial charge < -0.3 is 23.4 Å². The topological polar surface area (TPSA) is 105 Å². The van der Waals surface area contributed by atoms with Gasteiger partial charge in [0.05, 0.1) is 12.7 Å². The van der Waals surface area contributed by atoms with Crippen LogP contribution in [0, 0.1) is 5.92 Å². The van der Waals surface area contributed by atoms with Crippen molar-refractivity contribution in [3.63, 3.8) is 0 Å². The zero-order valence-electron chi connectivity index (χ0n) is 18.1. The Bertz CT molecular complexity index is 986. The van der Waals surface area contributed by atoms with Crippen LogP contribution in [0.15, 0.2) is 34.3 Å². The van der Waals surface area contributed by atoms with Gasteiger partial charge in [-0.2, -0.15) is 0 Å². The van der Waals surface area contributed by atoms with Gasteiger partial charge in [0.2, 0.25) is 0 Å². The van der Waals surface area contributed by atoms with Gasteiger partial charge in [0.25, 0.3) is 0 Å². The number of epoxide rings is 1. The summed E-state index contributed by atoms with van der Waals surface area (Å²) in [4.78, 5) is 36.7. The van der Waals surface area contributed by atoms with E-state index in [4.69, 9.17) is 23.4 Å². The van der Waals surface area contributed by atoms with Crippen LogP contribution in [-0.4, -0.2) is 42.8 Å². The van der Waals surface area contributed by atoms with Gasteiger partial charge >= 0.3 is 17.9 Å². The summed E-state index contributed by atoms with van der Waals surface area (Å²) in [6, 6.07) is 1.66. The molecule has 1 aromatic heterocycles. The second kappa shape index (κ2) is 7.67. The quantitative estimate of drug-likeness (QED) is 0.312. The fourth-order valence-corrected chi connectivity index (χ4v) is 4.39. The van der Waals surface area contributed by atoms with Gasteiger partial charge in [-0.25, -0.2) is 9.59 Å². The highest BCUT2D eigenvalue weighted by molar-refractivity contribution is 5.92. The van der Waals surface area contributed by atoms with Crippen LogP contribution in [0.3, 0.4) is 0 Å². The molecule has 3 aliphatic rings. The van der Waals surface area contributed by atoms with Gasteiger partial charge in [-0.3, -0.25) is 4.79 Å². The zero-order chi connectivity index (χ0) is 22.5. The Morgan fingerprint density at radius 3 is 2.68 bits per heavy atom. The second-order valence-electron chi connectivity index (χ2n) is 8.64. The van der Waals surface area contributed by atoms with Gasteiger partial charge in [-0.1, -0.05) is 12.2 Å². The molecule has 4 bridgehead atoms. The van der Waals surface area contributed by atoms with Crippen molar-refractivity contribution in [3.8, 4) is 0 Å². The van der Waals surface area contributed by atoms with Crippen molar-refractivity contribution in [1.29, 1.82) is 0 Å². The minimum atomic E-state index is -0.794. The molecule has 1 fully saturated rings. The highest BCUT2D eigenvalue weighted by Crippen LogP contribution is 2.54. The molecule has 8 nitrogen and oxygen atoms in total. The number of methoxy groups -OCH3 is 1. The monoisotopic (exact) mass is 430 g/mol. The largest absolute Gasteiger partial charge is 0.465 e. The smallest absolute Gasteiger partial charge is 0.341 e. The zero-order valence-corrected chi connectivity index (χ0v) is 18.1. The minimum Gasteiger partial charge on any atom is -0.465 e. The molecule has 0 amide bonds. The number of rotatable bonds is 3. The van der Waals surface area contributed by atoms with E-state index in [1.807, 2.05) is 13.8 Å². The molecule has 3 aliphatic heterocycles. The number of hydrogen-bond acceptors (Lipinski definition) is 8. The molecule has 166 valence electrons. The number of esters is 3. The molecule has 0 spiro atoms. The first-order valence-electron chi connectivity index (χ1n) is 10.3. The standard InChI is InChI=1S/C23H26O8/c1-11(2)13-6-17(28-12(3)24)15-8-14(29-22(15)26)10-23(4)20(31-23)19-9-16(21(25)27-5)18(7-13)30-19/h8-9,13-14,17,20H,1,6-7,10H2,2-5H3/t13-,14-,17-,20-,23?/m0/s1.